The number of hydrogen-bond acceptors (Lipinski definition) is 4. The fourth-order valence-corrected chi connectivity index (χ4v) is 0. The van der Waals surface area contributed by atoms with Crippen LogP contribution >= 0.6 is 0 Å². The Bertz CT molecular complexity index is 76.5. The first-order chi connectivity index (χ1) is 3.46. The molecule has 0 saturated carbocycles. The Morgan fingerprint density at radius 3 is 1.50 bits per heavy atom. The van der Waals surface area contributed by atoms with Crippen molar-refractivity contribution in [1.29, 1.82) is 5.41 Å². The first-order valence-corrected chi connectivity index (χ1v) is 1.46. The largest absolute Gasteiger partial charge is 2.00 e. The zero-order valence-electron chi connectivity index (χ0n) is 5.07. The molecular formula is C2H7CaN3O4. The Hall–Kier alpha value is -0.240. The van der Waals surface area contributed by atoms with Gasteiger partial charge in [-0.1, -0.05) is 0 Å². The Morgan fingerprint density at radius 2 is 1.50 bits per heavy atom. The molecule has 10 heavy (non-hydrogen) atoms. The summed E-state index contributed by atoms with van der Waals surface area (Å²) in [6.45, 7) is 0. The van der Waals surface area contributed by atoms with E-state index in [1.165, 1.54) is 0 Å². The van der Waals surface area contributed by atoms with Gasteiger partial charge in [0.05, 0.1) is 0 Å². The quantitative estimate of drug-likeness (QED) is 0.177. The zero-order chi connectivity index (χ0) is 7.15. The topological polar surface area (TPSA) is 166 Å². The standard InChI is InChI=1S/CH5N3.CH2O3.Ca.H2O/c2*2-1(3)4;;/h(H5,2,3,4);(H2,2,3,4);;1H2/q;;+2;/p-2. The monoisotopic (exact) mass is 177 g/mol. The average Bonchev–Trinajstić information content (AvgIpc) is 1.25. The van der Waals surface area contributed by atoms with Crippen LogP contribution in [-0.2, 0) is 0 Å². The summed E-state index contributed by atoms with van der Waals surface area (Å²) in [7, 11) is 0. The molecule has 0 unspecified atom stereocenters. The minimum Gasteiger partial charge on any atom is -0.870 e. The molecule has 0 aromatic carbocycles. The molecule has 0 saturated heterocycles. The molecule has 0 spiro atoms. The number of hydrogen-bond donors (Lipinski definition) is 4. The maximum atomic E-state index is 8.44. The predicted molar refractivity (Wildman–Crippen MR) is 31.8 cm³/mol. The summed E-state index contributed by atoms with van der Waals surface area (Å²) >= 11 is 0. The fraction of sp³-hybridized carbons (Fsp3) is 0. The molecule has 0 aliphatic rings. The fourth-order valence-electron chi connectivity index (χ4n) is 0. The molecule has 7 N–H and O–H groups in total. The Labute approximate surface area is 86.8 Å². The second kappa shape index (κ2) is 15.9. The van der Waals surface area contributed by atoms with E-state index in [1.54, 1.807) is 0 Å². The first-order valence-electron chi connectivity index (χ1n) is 1.46. The summed E-state index contributed by atoms with van der Waals surface area (Å²) in [5.74, 6) is -0.333. The molecule has 0 radical (unpaired) electrons. The normalized spacial score (nSPS) is 4.80. The van der Waals surface area contributed by atoms with Gasteiger partial charge in [-0.15, -0.1) is 0 Å². The van der Waals surface area contributed by atoms with E-state index < -0.39 is 6.16 Å². The van der Waals surface area contributed by atoms with Crippen LogP contribution in [-0.4, -0.2) is 60.4 Å². The van der Waals surface area contributed by atoms with Crippen molar-refractivity contribution in [3.63, 3.8) is 0 Å². The van der Waals surface area contributed by atoms with Gasteiger partial charge in [-0.05, 0) is 0 Å². The number of carbonyl (C=O) groups is 1. The minimum absolute atomic E-state index is 0. The first kappa shape index (κ1) is 22.6. The number of nitrogens with two attached hydrogens (primary N) is 2. The molecule has 0 aliphatic carbocycles. The van der Waals surface area contributed by atoms with Crippen molar-refractivity contribution < 1.29 is 20.5 Å². The molecule has 7 nitrogen and oxygen atoms in total. The molecule has 0 aliphatic heterocycles. The van der Waals surface area contributed by atoms with Crippen LogP contribution in [0.25, 0.3) is 0 Å². The van der Waals surface area contributed by atoms with E-state index in [0.717, 1.165) is 0 Å². The van der Waals surface area contributed by atoms with E-state index in [0.29, 0.717) is 0 Å². The van der Waals surface area contributed by atoms with Crippen LogP contribution in [0.4, 0.5) is 4.79 Å². The maximum absolute atomic E-state index is 8.44. The molecule has 8 heteroatoms. The van der Waals surface area contributed by atoms with E-state index in [1.807, 2.05) is 0 Å². The molecular weight excluding hydrogens is 170 g/mol. The van der Waals surface area contributed by atoms with Crippen molar-refractivity contribution in [3.8, 4) is 0 Å². The summed E-state index contributed by atoms with van der Waals surface area (Å²) in [4.78, 5) is 8.44. The molecule has 0 atom stereocenters. The van der Waals surface area contributed by atoms with Crippen molar-refractivity contribution in [1.82, 2.24) is 0 Å². The summed E-state index contributed by atoms with van der Waals surface area (Å²) in [5.41, 5.74) is 8.94. The van der Waals surface area contributed by atoms with Gasteiger partial charge in [0, 0.05) is 0 Å². The molecule has 0 aromatic rings. The van der Waals surface area contributed by atoms with Gasteiger partial charge in [-0.2, -0.15) is 0 Å². The molecule has 0 amide bonds. The van der Waals surface area contributed by atoms with Crippen LogP contribution in [0.15, 0.2) is 0 Å². The van der Waals surface area contributed by atoms with Crippen LogP contribution in [0, 0.1) is 5.41 Å². The van der Waals surface area contributed by atoms with Gasteiger partial charge >= 0.3 is 37.7 Å². The molecule has 0 rings (SSSR count). The van der Waals surface area contributed by atoms with Crippen LogP contribution in [0.2, 0.25) is 0 Å². The smallest absolute Gasteiger partial charge is 0.870 e. The van der Waals surface area contributed by atoms with Crippen molar-refractivity contribution in [2.75, 3.05) is 0 Å². The van der Waals surface area contributed by atoms with Gasteiger partial charge in [-0.25, -0.2) is 0 Å². The third kappa shape index (κ3) is 6140. The van der Waals surface area contributed by atoms with E-state index in [2.05, 4.69) is 11.5 Å². The Kier molecular flexibility index (Phi) is 35.9. The number of nitrogens with one attached hydrogen (secondary N) is 1. The molecule has 0 aromatic heterocycles. The van der Waals surface area contributed by atoms with Crippen LogP contribution in [0.3, 0.4) is 0 Å². The van der Waals surface area contributed by atoms with Gasteiger partial charge in [-0.3, -0.25) is 5.41 Å². The summed E-state index contributed by atoms with van der Waals surface area (Å²) in [5, 5.41) is 21.4. The van der Waals surface area contributed by atoms with Gasteiger partial charge < -0.3 is 32.0 Å². The second-order valence-electron chi connectivity index (χ2n) is 0.721. The molecule has 0 fully saturated rings. The Balaban J connectivity index is -0.0000000300. The van der Waals surface area contributed by atoms with Crippen LogP contribution in [0.1, 0.15) is 0 Å². The van der Waals surface area contributed by atoms with Gasteiger partial charge in [0.25, 0.3) is 0 Å². The van der Waals surface area contributed by atoms with Crippen LogP contribution < -0.4 is 16.6 Å². The van der Waals surface area contributed by atoms with Gasteiger partial charge in [0.15, 0.2) is 5.96 Å². The van der Waals surface area contributed by atoms with Crippen LogP contribution in [0.5, 0.6) is 0 Å². The number of guanidine groups is 1. The van der Waals surface area contributed by atoms with Crippen molar-refractivity contribution in [2.24, 2.45) is 11.5 Å². The summed E-state index contributed by atoms with van der Waals surface area (Å²) in [6, 6.07) is 0. The van der Waals surface area contributed by atoms with Crippen molar-refractivity contribution in [2.45, 2.75) is 0 Å². The maximum Gasteiger partial charge on any atom is 2.00 e. The van der Waals surface area contributed by atoms with E-state index >= 15 is 0 Å². The summed E-state index contributed by atoms with van der Waals surface area (Å²) < 4.78 is 0. The Morgan fingerprint density at radius 1 is 1.50 bits per heavy atom. The SMILES string of the molecule is N=C(N)N.O=C([O-])O.[Ca+2].[OH-]. The molecule has 0 heterocycles. The van der Waals surface area contributed by atoms with E-state index in [9.17, 15) is 0 Å². The third-order valence-corrected chi connectivity index (χ3v) is 0. The average molecular weight is 177 g/mol. The molecule has 0 bridgehead atoms. The van der Waals surface area contributed by atoms with Crippen molar-refractivity contribution in [3.05, 3.63) is 0 Å². The van der Waals surface area contributed by atoms with E-state index in [4.69, 9.17) is 20.4 Å². The zero-order valence-corrected chi connectivity index (χ0v) is 7.28. The predicted octanol–water partition coefficient (Wildman–Crippen LogP) is -2.83. The van der Waals surface area contributed by atoms with Gasteiger partial charge in [0.2, 0.25) is 6.16 Å². The third-order valence-electron chi connectivity index (χ3n) is 0. The van der Waals surface area contributed by atoms with Crippen molar-refractivity contribution >= 4 is 49.9 Å². The van der Waals surface area contributed by atoms with E-state index in [-0.39, 0.29) is 49.2 Å². The number of rotatable bonds is 0. The second-order valence-corrected chi connectivity index (χ2v) is 0.721. The molecule has 56 valence electrons. The summed E-state index contributed by atoms with van der Waals surface area (Å²) in [6.07, 6.45) is -2.08. The van der Waals surface area contributed by atoms with Gasteiger partial charge in [0.1, 0.15) is 0 Å². The minimum atomic E-state index is -2.08. The number of carboxylic acid groups (broad SMARTS) is 2.